The zero-order valence-corrected chi connectivity index (χ0v) is 14.4. The van der Waals surface area contributed by atoms with Crippen LogP contribution in [0.4, 0.5) is 5.95 Å². The third kappa shape index (κ3) is 4.33. The first-order valence-electron chi connectivity index (χ1n) is 8.41. The Morgan fingerprint density at radius 2 is 1.92 bits per heavy atom. The molecular formula is C16H25N7O. The van der Waals surface area contributed by atoms with E-state index in [1.165, 1.54) is 12.8 Å². The van der Waals surface area contributed by atoms with Gasteiger partial charge in [0.15, 0.2) is 5.96 Å². The molecule has 0 radical (unpaired) electrons. The normalized spacial score (nSPS) is 18.5. The molecule has 0 atom stereocenters. The Balaban J connectivity index is 1.60. The van der Waals surface area contributed by atoms with E-state index in [0.717, 1.165) is 38.1 Å². The van der Waals surface area contributed by atoms with Crippen molar-refractivity contribution in [3.05, 3.63) is 18.5 Å². The van der Waals surface area contributed by atoms with Crippen molar-refractivity contribution in [1.82, 2.24) is 25.1 Å². The van der Waals surface area contributed by atoms with Crippen LogP contribution in [0.15, 0.2) is 23.5 Å². The molecule has 130 valence electrons. The minimum atomic E-state index is 0.0152. The Bertz CT molecular complexity index is 577. The van der Waals surface area contributed by atoms with Gasteiger partial charge in [-0.25, -0.2) is 15.0 Å². The highest BCUT2D eigenvalue weighted by Gasteiger charge is 2.27. The summed E-state index contributed by atoms with van der Waals surface area (Å²) in [5.41, 5.74) is 0. The second kappa shape index (κ2) is 7.46. The van der Waals surface area contributed by atoms with Crippen LogP contribution >= 0.6 is 0 Å². The second-order valence-corrected chi connectivity index (χ2v) is 6.37. The van der Waals surface area contributed by atoms with Gasteiger partial charge in [-0.05, 0) is 18.9 Å². The van der Waals surface area contributed by atoms with E-state index in [2.05, 4.69) is 30.1 Å². The fourth-order valence-electron chi connectivity index (χ4n) is 2.50. The van der Waals surface area contributed by atoms with Crippen molar-refractivity contribution < 1.29 is 4.79 Å². The van der Waals surface area contributed by atoms with Gasteiger partial charge in [0, 0.05) is 58.7 Å². The van der Waals surface area contributed by atoms with Crippen LogP contribution in [-0.2, 0) is 4.79 Å². The number of nitrogens with zero attached hydrogens (tertiary/aromatic N) is 6. The van der Waals surface area contributed by atoms with Gasteiger partial charge in [0.25, 0.3) is 0 Å². The third-order valence-electron chi connectivity index (χ3n) is 4.19. The number of anilines is 1. The highest BCUT2D eigenvalue weighted by molar-refractivity contribution is 5.85. The van der Waals surface area contributed by atoms with E-state index in [4.69, 9.17) is 0 Å². The lowest BCUT2D eigenvalue weighted by molar-refractivity contribution is -0.127. The predicted octanol–water partition coefficient (Wildman–Crippen LogP) is -0.205. The van der Waals surface area contributed by atoms with E-state index >= 15 is 0 Å². The van der Waals surface area contributed by atoms with Crippen molar-refractivity contribution in [3.8, 4) is 0 Å². The number of aliphatic imine (C=N–C) groups is 1. The minimum Gasteiger partial charge on any atom is -0.353 e. The van der Waals surface area contributed by atoms with Crippen molar-refractivity contribution in [2.75, 3.05) is 51.7 Å². The summed E-state index contributed by atoms with van der Waals surface area (Å²) in [5.74, 6) is 1.64. The lowest BCUT2D eigenvalue weighted by atomic mass is 10.3. The molecule has 1 saturated carbocycles. The molecule has 1 saturated heterocycles. The van der Waals surface area contributed by atoms with Crippen molar-refractivity contribution in [1.29, 1.82) is 0 Å². The molecule has 0 aromatic carbocycles. The molecule has 2 fully saturated rings. The van der Waals surface area contributed by atoms with Crippen LogP contribution in [0.2, 0.25) is 0 Å². The molecule has 3 rings (SSSR count). The van der Waals surface area contributed by atoms with Crippen LogP contribution in [0.3, 0.4) is 0 Å². The van der Waals surface area contributed by atoms with Gasteiger partial charge in [0.05, 0.1) is 0 Å². The van der Waals surface area contributed by atoms with E-state index < -0.39 is 0 Å². The van der Waals surface area contributed by atoms with Crippen molar-refractivity contribution in [2.24, 2.45) is 4.99 Å². The second-order valence-electron chi connectivity index (χ2n) is 6.37. The van der Waals surface area contributed by atoms with E-state index in [9.17, 15) is 4.79 Å². The van der Waals surface area contributed by atoms with Crippen LogP contribution < -0.4 is 10.2 Å². The molecule has 1 aromatic rings. The highest BCUT2D eigenvalue weighted by Crippen LogP contribution is 2.19. The number of nitrogens with one attached hydrogen (secondary N) is 1. The molecule has 0 bridgehead atoms. The molecule has 0 spiro atoms. The Morgan fingerprint density at radius 3 is 2.50 bits per heavy atom. The molecule has 1 aromatic heterocycles. The summed E-state index contributed by atoms with van der Waals surface area (Å²) in [5, 5.41) is 3.46. The fourth-order valence-corrected chi connectivity index (χ4v) is 2.50. The van der Waals surface area contributed by atoms with E-state index in [0.29, 0.717) is 6.04 Å². The lowest BCUT2D eigenvalue weighted by Gasteiger charge is -2.36. The maximum absolute atomic E-state index is 11.8. The summed E-state index contributed by atoms with van der Waals surface area (Å²) in [4.78, 5) is 30.9. The quantitative estimate of drug-likeness (QED) is 0.608. The Hall–Kier alpha value is -2.38. The maximum Gasteiger partial charge on any atom is 0.243 e. The van der Waals surface area contributed by atoms with Gasteiger partial charge in [0.1, 0.15) is 6.54 Å². The predicted molar refractivity (Wildman–Crippen MR) is 93.0 cm³/mol. The first-order chi connectivity index (χ1) is 11.6. The third-order valence-corrected chi connectivity index (χ3v) is 4.19. The van der Waals surface area contributed by atoms with Crippen molar-refractivity contribution in [3.63, 3.8) is 0 Å². The van der Waals surface area contributed by atoms with Gasteiger partial charge >= 0.3 is 0 Å². The molecule has 8 heteroatoms. The molecule has 2 aliphatic rings. The summed E-state index contributed by atoms with van der Waals surface area (Å²) < 4.78 is 0. The Kier molecular flexibility index (Phi) is 5.12. The number of amides is 1. The van der Waals surface area contributed by atoms with Crippen LogP contribution in [0, 0.1) is 0 Å². The van der Waals surface area contributed by atoms with Gasteiger partial charge < -0.3 is 20.0 Å². The number of hydrogen-bond donors (Lipinski definition) is 1. The van der Waals surface area contributed by atoms with Gasteiger partial charge in [-0.3, -0.25) is 4.79 Å². The molecule has 2 heterocycles. The summed E-state index contributed by atoms with van der Waals surface area (Å²) in [6.45, 7) is 3.55. The molecule has 0 unspecified atom stereocenters. The zero-order chi connectivity index (χ0) is 16.9. The number of carbonyl (C=O) groups is 1. The van der Waals surface area contributed by atoms with E-state index in [-0.39, 0.29) is 12.5 Å². The molecule has 1 aliphatic carbocycles. The van der Waals surface area contributed by atoms with Gasteiger partial charge in [-0.2, -0.15) is 0 Å². The topological polar surface area (TPSA) is 77.0 Å². The number of guanidine groups is 1. The van der Waals surface area contributed by atoms with E-state index in [1.807, 2.05) is 6.07 Å². The van der Waals surface area contributed by atoms with Crippen LogP contribution in [-0.4, -0.2) is 84.5 Å². The molecule has 24 heavy (non-hydrogen) atoms. The fraction of sp³-hybridized carbons (Fsp3) is 0.625. The summed E-state index contributed by atoms with van der Waals surface area (Å²) >= 11 is 0. The standard InChI is InChI=1S/C16H25N7O/c1-21(2)14(24)12-19-16(20-13-4-5-13)23-10-8-22(9-11-23)15-17-6-3-7-18-15/h3,6-7,13H,4-5,8-12H2,1-2H3,(H,19,20). The van der Waals surface area contributed by atoms with Crippen molar-refractivity contribution >= 4 is 17.8 Å². The maximum atomic E-state index is 11.8. The summed E-state index contributed by atoms with van der Waals surface area (Å²) in [7, 11) is 3.51. The lowest BCUT2D eigenvalue weighted by Crippen LogP contribution is -2.53. The summed E-state index contributed by atoms with van der Waals surface area (Å²) in [6.07, 6.45) is 5.89. The molecule has 1 aliphatic heterocycles. The first-order valence-corrected chi connectivity index (χ1v) is 8.41. The van der Waals surface area contributed by atoms with Gasteiger partial charge in [-0.1, -0.05) is 0 Å². The van der Waals surface area contributed by atoms with Gasteiger partial charge in [-0.15, -0.1) is 0 Å². The number of likely N-dealkylation sites (N-methyl/N-ethyl adjacent to an activating group) is 1. The van der Waals surface area contributed by atoms with Gasteiger partial charge in [0.2, 0.25) is 11.9 Å². The van der Waals surface area contributed by atoms with Crippen LogP contribution in [0.5, 0.6) is 0 Å². The molecule has 1 N–H and O–H groups in total. The molecular weight excluding hydrogens is 306 g/mol. The van der Waals surface area contributed by atoms with Crippen molar-refractivity contribution in [2.45, 2.75) is 18.9 Å². The SMILES string of the molecule is CN(C)C(=O)CN=C(NC1CC1)N1CCN(c2ncccn2)CC1. The number of piperazine rings is 1. The van der Waals surface area contributed by atoms with E-state index in [1.54, 1.807) is 31.4 Å². The highest BCUT2D eigenvalue weighted by atomic mass is 16.2. The Morgan fingerprint density at radius 1 is 1.25 bits per heavy atom. The number of rotatable bonds is 4. The average molecular weight is 331 g/mol. The molecule has 1 amide bonds. The monoisotopic (exact) mass is 331 g/mol. The first kappa shape index (κ1) is 16.5. The minimum absolute atomic E-state index is 0.0152. The largest absolute Gasteiger partial charge is 0.353 e. The zero-order valence-electron chi connectivity index (χ0n) is 14.4. The smallest absolute Gasteiger partial charge is 0.243 e. The number of aromatic nitrogens is 2. The van der Waals surface area contributed by atoms with Crippen LogP contribution in [0.25, 0.3) is 0 Å². The average Bonchev–Trinajstić information content (AvgIpc) is 3.43. The molecule has 8 nitrogen and oxygen atoms in total. The number of carbonyl (C=O) groups excluding carboxylic acids is 1. The Labute approximate surface area is 142 Å². The van der Waals surface area contributed by atoms with Crippen LogP contribution in [0.1, 0.15) is 12.8 Å². The summed E-state index contributed by atoms with van der Waals surface area (Å²) in [6, 6.07) is 2.33. The number of hydrogen-bond acceptors (Lipinski definition) is 5.